The van der Waals surface area contributed by atoms with Crippen LogP contribution in [0, 0.1) is 10.8 Å². The number of aromatic amines is 1. The fraction of sp³-hybridized carbons (Fsp3) is 0.0800. The second kappa shape index (κ2) is 9.74. The second-order valence-electron chi connectivity index (χ2n) is 7.71. The number of nitrogens with zero attached hydrogens (tertiary/aromatic N) is 1. The van der Waals surface area contributed by atoms with Crippen LogP contribution in [0.5, 0.6) is 0 Å². The van der Waals surface area contributed by atoms with E-state index in [2.05, 4.69) is 10.3 Å². The number of hydrogen-bond acceptors (Lipinski definition) is 6. The highest BCUT2D eigenvalue weighted by atomic mass is 32.1. The number of carbonyl (C=O) groups excluding carboxylic acids is 3. The van der Waals surface area contributed by atoms with Crippen molar-refractivity contribution in [1.82, 2.24) is 4.98 Å². The number of H-pyrrole nitrogens is 1. The number of fused-ring (bicyclic) bond motifs is 1. The average molecular weight is 487 g/mol. The molecule has 10 heteroatoms. The summed E-state index contributed by atoms with van der Waals surface area (Å²) in [6.45, 7) is 0. The first-order valence-electron chi connectivity index (χ1n) is 10.5. The zero-order chi connectivity index (χ0) is 25.1. The predicted octanol–water partition coefficient (Wildman–Crippen LogP) is 4.24. The van der Waals surface area contributed by atoms with Gasteiger partial charge in [0, 0.05) is 46.5 Å². The van der Waals surface area contributed by atoms with E-state index in [0.717, 1.165) is 23.8 Å². The zero-order valence-electron chi connectivity index (χ0n) is 18.7. The lowest BCUT2D eigenvalue weighted by Crippen LogP contribution is -2.26. The summed E-state index contributed by atoms with van der Waals surface area (Å²) in [5.41, 5.74) is 7.41. The molecule has 0 aliphatic carbocycles. The number of nitrogens with one attached hydrogen (secondary N) is 4. The second-order valence-corrected chi connectivity index (χ2v) is 8.83. The SMILES string of the molecule is CN(C(=O)c1ccccc1)c1ccc2c(C(N)=O)c(NC(=O)c3ccc(C(C=N)C=N)s3)[nH]c2c1. The molecule has 0 fully saturated rings. The van der Waals surface area contributed by atoms with Crippen molar-refractivity contribution in [2.45, 2.75) is 5.92 Å². The number of primary amides is 1. The molecule has 0 saturated heterocycles. The Morgan fingerprint density at radius 2 is 1.77 bits per heavy atom. The number of carbonyl (C=O) groups is 3. The Balaban J connectivity index is 1.65. The minimum atomic E-state index is -0.715. The lowest BCUT2D eigenvalue weighted by atomic mass is 10.1. The smallest absolute Gasteiger partial charge is 0.266 e. The molecular formula is C25H22N6O3S. The molecule has 0 saturated carbocycles. The van der Waals surface area contributed by atoms with Gasteiger partial charge in [0.15, 0.2) is 0 Å². The molecule has 0 atom stereocenters. The Hall–Kier alpha value is -4.57. The van der Waals surface area contributed by atoms with Crippen molar-refractivity contribution in [3.05, 3.63) is 81.5 Å². The first-order chi connectivity index (χ1) is 16.8. The lowest BCUT2D eigenvalue weighted by Gasteiger charge is -2.17. The maximum Gasteiger partial charge on any atom is 0.266 e. The van der Waals surface area contributed by atoms with Crippen LogP contribution in [0.15, 0.2) is 60.7 Å². The third kappa shape index (κ3) is 4.59. The maximum atomic E-state index is 12.9. The van der Waals surface area contributed by atoms with E-state index in [4.69, 9.17) is 16.6 Å². The monoisotopic (exact) mass is 486 g/mol. The molecule has 2 aromatic heterocycles. The van der Waals surface area contributed by atoms with Gasteiger partial charge in [-0.2, -0.15) is 0 Å². The molecule has 6 N–H and O–H groups in total. The van der Waals surface area contributed by atoms with Crippen LogP contribution in [0.3, 0.4) is 0 Å². The summed E-state index contributed by atoms with van der Waals surface area (Å²) in [4.78, 5) is 43.5. The normalized spacial score (nSPS) is 11.6. The standard InChI is InChI=1S/C25H22N6O3S/c1-31(25(34)14-5-3-2-4-6-14)16-7-8-17-18(11-16)29-23(21(17)22(28)32)30-24(33)20-10-9-19(35-20)15(12-26)13-27/h2-13,15,26-27,29H,1H3,(H2,28,32)(H,30,33). The number of benzene rings is 2. The number of anilines is 2. The molecule has 2 aromatic carbocycles. The Morgan fingerprint density at radius 1 is 1.06 bits per heavy atom. The highest BCUT2D eigenvalue weighted by Crippen LogP contribution is 2.31. The molecule has 176 valence electrons. The predicted molar refractivity (Wildman–Crippen MR) is 139 cm³/mol. The summed E-state index contributed by atoms with van der Waals surface area (Å²) in [6.07, 6.45) is 2.25. The highest BCUT2D eigenvalue weighted by Gasteiger charge is 2.22. The minimum absolute atomic E-state index is 0.130. The van der Waals surface area contributed by atoms with Gasteiger partial charge >= 0.3 is 0 Å². The van der Waals surface area contributed by atoms with Crippen LogP contribution < -0.4 is 16.0 Å². The molecule has 0 unspecified atom stereocenters. The van der Waals surface area contributed by atoms with Gasteiger partial charge in [-0.3, -0.25) is 14.4 Å². The Kier molecular flexibility index (Phi) is 6.56. The molecule has 0 aliphatic rings. The largest absolute Gasteiger partial charge is 0.365 e. The summed E-state index contributed by atoms with van der Waals surface area (Å²) in [5.74, 6) is -1.71. The fourth-order valence-electron chi connectivity index (χ4n) is 3.68. The van der Waals surface area contributed by atoms with Crippen molar-refractivity contribution in [3.63, 3.8) is 0 Å². The molecule has 0 aliphatic heterocycles. The molecule has 3 amide bonds. The van der Waals surface area contributed by atoms with E-state index in [1.807, 2.05) is 6.07 Å². The van der Waals surface area contributed by atoms with Crippen molar-refractivity contribution >= 4 is 63.9 Å². The number of rotatable bonds is 8. The molecule has 0 bridgehead atoms. The molecule has 2 heterocycles. The van der Waals surface area contributed by atoms with E-state index in [1.54, 1.807) is 61.6 Å². The molecular weight excluding hydrogens is 464 g/mol. The van der Waals surface area contributed by atoms with Gasteiger partial charge in [0.2, 0.25) is 0 Å². The van der Waals surface area contributed by atoms with E-state index in [1.165, 1.54) is 4.90 Å². The van der Waals surface area contributed by atoms with E-state index in [0.29, 0.717) is 31.9 Å². The van der Waals surface area contributed by atoms with Gasteiger partial charge in [0.1, 0.15) is 5.82 Å². The number of aromatic nitrogens is 1. The molecule has 0 spiro atoms. The van der Waals surface area contributed by atoms with E-state index in [9.17, 15) is 14.4 Å². The quantitative estimate of drug-likeness (QED) is 0.236. The van der Waals surface area contributed by atoms with Gasteiger partial charge in [0.05, 0.1) is 16.4 Å². The van der Waals surface area contributed by atoms with Crippen LogP contribution >= 0.6 is 11.3 Å². The van der Waals surface area contributed by atoms with E-state index in [-0.39, 0.29) is 17.3 Å². The van der Waals surface area contributed by atoms with Crippen LogP contribution in [0.2, 0.25) is 0 Å². The molecule has 9 nitrogen and oxygen atoms in total. The molecule has 4 aromatic rings. The van der Waals surface area contributed by atoms with Crippen LogP contribution in [0.25, 0.3) is 10.9 Å². The Morgan fingerprint density at radius 3 is 2.43 bits per heavy atom. The summed E-state index contributed by atoms with van der Waals surface area (Å²) in [6, 6.07) is 17.2. The van der Waals surface area contributed by atoms with E-state index < -0.39 is 17.7 Å². The molecule has 4 rings (SSSR count). The highest BCUT2D eigenvalue weighted by molar-refractivity contribution is 7.14. The van der Waals surface area contributed by atoms with Crippen LogP contribution in [0.4, 0.5) is 11.5 Å². The van der Waals surface area contributed by atoms with Gasteiger partial charge in [-0.25, -0.2) is 0 Å². The van der Waals surface area contributed by atoms with Crippen LogP contribution in [0.1, 0.15) is 41.2 Å². The van der Waals surface area contributed by atoms with Gasteiger partial charge < -0.3 is 31.8 Å². The Bertz CT molecular complexity index is 1450. The zero-order valence-corrected chi connectivity index (χ0v) is 19.5. The number of amides is 3. The first-order valence-corrected chi connectivity index (χ1v) is 11.4. The number of nitrogens with two attached hydrogens (primary N) is 1. The third-order valence-electron chi connectivity index (χ3n) is 5.52. The summed E-state index contributed by atoms with van der Waals surface area (Å²) >= 11 is 1.16. The molecule has 0 radical (unpaired) electrons. The minimum Gasteiger partial charge on any atom is -0.365 e. The summed E-state index contributed by atoms with van der Waals surface area (Å²) < 4.78 is 0. The van der Waals surface area contributed by atoms with Gasteiger partial charge in [-0.1, -0.05) is 18.2 Å². The van der Waals surface area contributed by atoms with E-state index >= 15 is 0 Å². The van der Waals surface area contributed by atoms with Crippen molar-refractivity contribution in [2.24, 2.45) is 5.73 Å². The first kappa shape index (κ1) is 23.6. The summed E-state index contributed by atoms with van der Waals surface area (Å²) in [5, 5.41) is 18.0. The summed E-state index contributed by atoms with van der Waals surface area (Å²) in [7, 11) is 1.65. The Labute approximate surface area is 204 Å². The average Bonchev–Trinajstić information content (AvgIpc) is 3.49. The maximum absolute atomic E-state index is 12.9. The number of hydrogen-bond donors (Lipinski definition) is 5. The van der Waals surface area contributed by atoms with Gasteiger partial charge in [-0.05, 0) is 42.5 Å². The van der Waals surface area contributed by atoms with Gasteiger partial charge in [0.25, 0.3) is 17.7 Å². The topological polar surface area (TPSA) is 156 Å². The van der Waals surface area contributed by atoms with Crippen molar-refractivity contribution in [1.29, 1.82) is 10.8 Å². The fourth-order valence-corrected chi connectivity index (χ4v) is 4.62. The van der Waals surface area contributed by atoms with Crippen molar-refractivity contribution < 1.29 is 14.4 Å². The molecule has 35 heavy (non-hydrogen) atoms. The number of thiophene rings is 1. The van der Waals surface area contributed by atoms with Crippen LogP contribution in [-0.4, -0.2) is 42.2 Å². The van der Waals surface area contributed by atoms with Crippen LogP contribution in [-0.2, 0) is 0 Å². The lowest BCUT2D eigenvalue weighted by molar-refractivity contribution is 0.0987. The van der Waals surface area contributed by atoms with Crippen molar-refractivity contribution in [3.8, 4) is 0 Å². The third-order valence-corrected chi connectivity index (χ3v) is 6.70. The van der Waals surface area contributed by atoms with Gasteiger partial charge in [-0.15, -0.1) is 11.3 Å². The van der Waals surface area contributed by atoms with Crippen molar-refractivity contribution in [2.75, 3.05) is 17.3 Å².